The second kappa shape index (κ2) is 16.4. The molecular formula is C40H37F2N7O4S. The third kappa shape index (κ3) is 8.04. The molecule has 4 heterocycles. The molecule has 1 fully saturated rings. The van der Waals surface area contributed by atoms with Crippen LogP contribution in [0.5, 0.6) is 5.75 Å². The average molecular weight is 750 g/mol. The van der Waals surface area contributed by atoms with E-state index < -0.39 is 23.2 Å². The molecule has 276 valence electrons. The fraction of sp³-hybridized carbons (Fsp3) is 0.225. The van der Waals surface area contributed by atoms with E-state index in [2.05, 4.69) is 49.7 Å². The minimum absolute atomic E-state index is 0.191. The van der Waals surface area contributed by atoms with Crippen LogP contribution in [-0.2, 0) is 8.98 Å². The summed E-state index contributed by atoms with van der Waals surface area (Å²) in [5, 5.41) is 5.70. The van der Waals surface area contributed by atoms with E-state index in [1.807, 2.05) is 47.9 Å². The van der Waals surface area contributed by atoms with E-state index in [0.29, 0.717) is 71.2 Å². The number of carbonyl (C=O) groups excluding carboxylic acids is 2. The lowest BCUT2D eigenvalue weighted by Crippen LogP contribution is -2.34. The van der Waals surface area contributed by atoms with Gasteiger partial charge in [-0.3, -0.25) is 14.0 Å². The zero-order valence-electron chi connectivity index (χ0n) is 29.3. The number of fused-ring (bicyclic) bond motifs is 1. The van der Waals surface area contributed by atoms with Crippen LogP contribution < -0.4 is 15.4 Å². The third-order valence-corrected chi connectivity index (χ3v) is 9.58. The fourth-order valence-corrected chi connectivity index (χ4v) is 6.77. The van der Waals surface area contributed by atoms with E-state index in [1.165, 1.54) is 11.6 Å². The Bertz CT molecular complexity index is 2290. The first-order chi connectivity index (χ1) is 26.3. The van der Waals surface area contributed by atoms with Crippen molar-refractivity contribution in [3.8, 4) is 28.4 Å². The number of imidazole rings is 1. The lowest BCUT2D eigenvalue weighted by molar-refractivity contribution is -0.133. The van der Waals surface area contributed by atoms with Gasteiger partial charge in [0.2, 0.25) is 5.95 Å². The summed E-state index contributed by atoms with van der Waals surface area (Å²) < 4.78 is 41.1. The lowest BCUT2D eigenvalue weighted by Gasteiger charge is -2.32. The first kappa shape index (κ1) is 36.5. The molecule has 54 heavy (non-hydrogen) atoms. The van der Waals surface area contributed by atoms with E-state index in [4.69, 9.17) is 14.7 Å². The Morgan fingerprint density at radius 2 is 1.74 bits per heavy atom. The molecule has 3 aromatic carbocycles. The predicted molar refractivity (Wildman–Crippen MR) is 205 cm³/mol. The monoisotopic (exact) mass is 749 g/mol. The maximum absolute atomic E-state index is 14.3. The van der Waals surface area contributed by atoms with Gasteiger partial charge in [0.1, 0.15) is 28.7 Å². The summed E-state index contributed by atoms with van der Waals surface area (Å²) in [6.45, 7) is 4.82. The smallest absolute Gasteiger partial charge is 0.318 e. The molecule has 2 N–H and O–H groups in total. The van der Waals surface area contributed by atoms with Gasteiger partial charge in [0, 0.05) is 43.0 Å². The predicted octanol–water partition coefficient (Wildman–Crippen LogP) is 8.09. The van der Waals surface area contributed by atoms with Crippen molar-refractivity contribution in [2.75, 3.05) is 36.9 Å². The fourth-order valence-electron chi connectivity index (χ4n) is 6.68. The highest BCUT2D eigenvalue weighted by Gasteiger charge is 2.23. The first-order valence-electron chi connectivity index (χ1n) is 17.6. The number of para-hydroxylation sites is 1. The molecule has 1 aliphatic heterocycles. The molecule has 0 spiro atoms. The van der Waals surface area contributed by atoms with Gasteiger partial charge in [-0.05, 0) is 98.9 Å². The molecule has 0 unspecified atom stereocenters. The van der Waals surface area contributed by atoms with Crippen LogP contribution >= 0.6 is 12.9 Å². The summed E-state index contributed by atoms with van der Waals surface area (Å²) in [7, 11) is 0. The van der Waals surface area contributed by atoms with Gasteiger partial charge in [-0.15, -0.1) is 0 Å². The van der Waals surface area contributed by atoms with Crippen molar-refractivity contribution in [1.29, 1.82) is 0 Å². The van der Waals surface area contributed by atoms with Crippen molar-refractivity contribution in [2.45, 2.75) is 32.1 Å². The van der Waals surface area contributed by atoms with E-state index in [0.717, 1.165) is 38.1 Å². The van der Waals surface area contributed by atoms with Crippen molar-refractivity contribution < 1.29 is 27.3 Å². The number of ether oxygens (including phenoxy) is 1. The summed E-state index contributed by atoms with van der Waals surface area (Å²) >= 11 is 3.59. The summed E-state index contributed by atoms with van der Waals surface area (Å²) in [6, 6.07) is 23.6. The number of hydrogen-bond donors (Lipinski definition) is 3. The molecule has 1 saturated heterocycles. The summed E-state index contributed by atoms with van der Waals surface area (Å²) in [4.78, 5) is 41.2. The lowest BCUT2D eigenvalue weighted by atomic mass is 9.89. The first-order valence-corrected chi connectivity index (χ1v) is 17.9. The zero-order valence-corrected chi connectivity index (χ0v) is 30.2. The van der Waals surface area contributed by atoms with Gasteiger partial charge in [0.15, 0.2) is 0 Å². The number of hydrogen-bond acceptors (Lipinski definition) is 10. The Morgan fingerprint density at radius 3 is 2.52 bits per heavy atom. The quantitative estimate of drug-likeness (QED) is 0.0842. The van der Waals surface area contributed by atoms with Gasteiger partial charge in [-0.2, -0.15) is 0 Å². The van der Waals surface area contributed by atoms with Crippen LogP contribution in [0.15, 0.2) is 97.3 Å². The molecule has 11 nitrogen and oxygen atoms in total. The average Bonchev–Trinajstić information content (AvgIpc) is 3.59. The molecule has 0 saturated carbocycles. The number of likely N-dealkylation sites (tertiary alicyclic amines) is 1. The normalized spacial score (nSPS) is 13.5. The highest BCUT2D eigenvalue weighted by atomic mass is 32.1. The van der Waals surface area contributed by atoms with Crippen molar-refractivity contribution in [2.24, 2.45) is 0 Å². The number of thiol groups is 1. The van der Waals surface area contributed by atoms with E-state index >= 15 is 0 Å². The van der Waals surface area contributed by atoms with Crippen molar-refractivity contribution in [3.05, 3.63) is 120 Å². The summed E-state index contributed by atoms with van der Waals surface area (Å²) in [5.41, 5.74) is 4.58. The zero-order chi connectivity index (χ0) is 37.6. The van der Waals surface area contributed by atoms with Crippen LogP contribution in [-0.4, -0.2) is 62.4 Å². The molecule has 1 amide bonds. The Labute approximate surface area is 316 Å². The van der Waals surface area contributed by atoms with Crippen molar-refractivity contribution in [1.82, 2.24) is 24.3 Å². The highest BCUT2D eigenvalue weighted by Crippen LogP contribution is 2.36. The number of carbonyl (C=O) groups is 2. The molecule has 0 bridgehead atoms. The number of piperidine rings is 1. The van der Waals surface area contributed by atoms with Gasteiger partial charge in [0.25, 0.3) is 5.91 Å². The number of pyridine rings is 1. The number of anilines is 3. The number of rotatable bonds is 12. The molecule has 14 heteroatoms. The maximum Gasteiger partial charge on any atom is 0.318 e. The molecule has 1 aliphatic rings. The molecule has 3 aromatic heterocycles. The van der Waals surface area contributed by atoms with Crippen molar-refractivity contribution in [3.63, 3.8) is 0 Å². The van der Waals surface area contributed by atoms with E-state index in [1.54, 1.807) is 30.5 Å². The van der Waals surface area contributed by atoms with Gasteiger partial charge in [-0.25, -0.2) is 23.7 Å². The number of benzene rings is 3. The van der Waals surface area contributed by atoms with E-state index in [-0.39, 0.29) is 11.5 Å². The van der Waals surface area contributed by atoms with Gasteiger partial charge >= 0.3 is 5.97 Å². The summed E-state index contributed by atoms with van der Waals surface area (Å²) in [6.07, 6.45) is 5.76. The van der Waals surface area contributed by atoms with Crippen LogP contribution in [0.1, 0.15) is 48.0 Å². The molecule has 0 radical (unpaired) electrons. The van der Waals surface area contributed by atoms with Crippen LogP contribution in [0.4, 0.5) is 26.1 Å². The second-order valence-electron chi connectivity index (χ2n) is 12.8. The topological polar surface area (TPSA) is 123 Å². The molecule has 0 atom stereocenters. The standard InChI is InChI=1S/C40H37F2N7O4S/c1-2-52-33-24-26(25-15-20-48(21-16-25)22-17-35(50)53-54)12-13-31(33)44-40-43-18-14-32(45-40)38-36(46-34-11-3-4-19-49(34)38)27-7-5-8-28(23-27)39(51)47-37-29(41)9-6-10-30(37)42/h3-14,18-19,23-25,54H,2,15-17,20-22H2,1H3,(H,47,51)(H,43,44,45). The number of amides is 1. The molecular weight excluding hydrogens is 713 g/mol. The Kier molecular flexibility index (Phi) is 11.1. The van der Waals surface area contributed by atoms with Crippen LogP contribution in [0.3, 0.4) is 0 Å². The Hall–Kier alpha value is -5.86. The number of nitrogens with zero attached hydrogens (tertiary/aromatic N) is 5. The highest BCUT2D eigenvalue weighted by molar-refractivity contribution is 7.75. The van der Waals surface area contributed by atoms with Gasteiger partial charge < -0.3 is 24.5 Å². The molecule has 7 rings (SSSR count). The Balaban J connectivity index is 1.14. The second-order valence-corrected chi connectivity index (χ2v) is 13.0. The SMILES string of the molecule is CCOc1cc(C2CCN(CCC(=O)OS)CC2)ccc1Nc1nccc(-c2c(-c3cccc(C(=O)Nc4c(F)cccc4F)c3)nc3ccccn23)n1. The van der Waals surface area contributed by atoms with Gasteiger partial charge in [0.05, 0.1) is 35.8 Å². The third-order valence-electron chi connectivity index (χ3n) is 9.37. The number of halogens is 2. The number of nitrogens with one attached hydrogen (secondary N) is 2. The number of aromatic nitrogens is 4. The van der Waals surface area contributed by atoms with E-state index in [9.17, 15) is 18.4 Å². The minimum Gasteiger partial charge on any atom is -0.492 e. The maximum atomic E-state index is 14.3. The largest absolute Gasteiger partial charge is 0.492 e. The molecule has 0 aliphatic carbocycles. The minimum atomic E-state index is -0.872. The summed E-state index contributed by atoms with van der Waals surface area (Å²) in [5.74, 6) is -1.37. The van der Waals surface area contributed by atoms with Crippen molar-refractivity contribution >= 4 is 47.8 Å². The van der Waals surface area contributed by atoms with Crippen LogP contribution in [0.25, 0.3) is 28.3 Å². The van der Waals surface area contributed by atoms with Gasteiger partial charge in [-0.1, -0.05) is 30.3 Å². The van der Waals surface area contributed by atoms with Crippen LogP contribution in [0.2, 0.25) is 0 Å². The van der Waals surface area contributed by atoms with Crippen LogP contribution in [0, 0.1) is 11.6 Å². The molecule has 6 aromatic rings. The Morgan fingerprint density at radius 1 is 0.944 bits per heavy atom.